The van der Waals surface area contributed by atoms with Gasteiger partial charge in [-0.3, -0.25) is 0 Å². The van der Waals surface area contributed by atoms with Crippen LogP contribution in [0.25, 0.3) is 0 Å². The molecule has 0 aliphatic rings. The minimum atomic E-state index is 0.276. The van der Waals surface area contributed by atoms with Crippen LogP contribution in [0.3, 0.4) is 0 Å². The fourth-order valence-corrected chi connectivity index (χ4v) is 2.21. The lowest BCUT2D eigenvalue weighted by Crippen LogP contribution is -1.94. The number of hydrogen-bond acceptors (Lipinski definition) is 2. The van der Waals surface area contributed by atoms with Crippen LogP contribution in [-0.2, 0) is 6.42 Å². The van der Waals surface area contributed by atoms with Crippen LogP contribution in [0.2, 0.25) is 0 Å². The number of halogens is 1. The smallest absolute Gasteiger partial charge is 0.119 e. The molecule has 84 valence electrons. The quantitative estimate of drug-likeness (QED) is 0.791. The third-order valence-electron chi connectivity index (χ3n) is 2.45. The van der Waals surface area contributed by atoms with Crippen molar-refractivity contribution in [3.8, 4) is 5.75 Å². The highest BCUT2D eigenvalue weighted by Gasteiger charge is 2.09. The minimum absolute atomic E-state index is 0.276. The lowest BCUT2D eigenvalue weighted by Gasteiger charge is -2.08. The zero-order valence-electron chi connectivity index (χ0n) is 9.02. The maximum Gasteiger partial charge on any atom is 0.119 e. The Kier molecular flexibility index (Phi) is 3.67. The summed E-state index contributed by atoms with van der Waals surface area (Å²) >= 11 is 3.65. The molecule has 2 aromatic rings. The molecule has 0 bridgehead atoms. The van der Waals surface area contributed by atoms with E-state index in [0.29, 0.717) is 0 Å². The molecule has 3 heteroatoms. The summed E-state index contributed by atoms with van der Waals surface area (Å²) in [5, 5.41) is 0. The van der Waals surface area contributed by atoms with E-state index in [1.807, 2.05) is 24.3 Å². The molecule has 0 radical (unpaired) electrons. The topological polar surface area (TPSA) is 22.4 Å². The molecule has 1 aromatic heterocycles. The van der Waals surface area contributed by atoms with Gasteiger partial charge in [0.2, 0.25) is 0 Å². The fourth-order valence-electron chi connectivity index (χ4n) is 1.58. The van der Waals surface area contributed by atoms with E-state index in [0.717, 1.165) is 17.7 Å². The van der Waals surface area contributed by atoms with Gasteiger partial charge in [0.05, 0.1) is 19.6 Å². The SMILES string of the molecule is COc1cccc(CC(Br)c2ccoc2)c1. The fraction of sp³-hybridized carbons (Fsp3) is 0.231. The number of benzene rings is 1. The second-order valence-electron chi connectivity index (χ2n) is 3.58. The number of furan rings is 1. The summed E-state index contributed by atoms with van der Waals surface area (Å²) in [6, 6.07) is 10.1. The van der Waals surface area contributed by atoms with Gasteiger partial charge in [-0.25, -0.2) is 0 Å². The Morgan fingerprint density at radius 1 is 1.38 bits per heavy atom. The number of ether oxygens (including phenoxy) is 1. The van der Waals surface area contributed by atoms with Crippen LogP contribution in [0, 0.1) is 0 Å². The molecule has 1 unspecified atom stereocenters. The summed E-state index contributed by atoms with van der Waals surface area (Å²) in [7, 11) is 1.68. The molecule has 0 fully saturated rings. The molecule has 1 aromatic carbocycles. The van der Waals surface area contributed by atoms with Crippen molar-refractivity contribution in [2.24, 2.45) is 0 Å². The molecular formula is C13H13BrO2. The zero-order valence-corrected chi connectivity index (χ0v) is 10.6. The van der Waals surface area contributed by atoms with Crippen LogP contribution in [0.4, 0.5) is 0 Å². The normalized spacial score (nSPS) is 12.4. The third-order valence-corrected chi connectivity index (χ3v) is 3.31. The summed E-state index contributed by atoms with van der Waals surface area (Å²) in [5.41, 5.74) is 2.39. The molecule has 1 atom stereocenters. The van der Waals surface area contributed by atoms with E-state index >= 15 is 0 Å². The van der Waals surface area contributed by atoms with Gasteiger partial charge in [-0.1, -0.05) is 28.1 Å². The Morgan fingerprint density at radius 2 is 2.25 bits per heavy atom. The summed E-state index contributed by atoms with van der Waals surface area (Å²) in [5.74, 6) is 0.893. The number of alkyl halides is 1. The lowest BCUT2D eigenvalue weighted by atomic mass is 10.1. The van der Waals surface area contributed by atoms with Gasteiger partial charge in [-0.2, -0.15) is 0 Å². The van der Waals surface area contributed by atoms with Crippen molar-refractivity contribution in [1.29, 1.82) is 0 Å². The first-order chi connectivity index (χ1) is 7.79. The van der Waals surface area contributed by atoms with Crippen molar-refractivity contribution in [2.75, 3.05) is 7.11 Å². The molecule has 0 saturated carbocycles. The van der Waals surface area contributed by atoms with Gasteiger partial charge in [0.1, 0.15) is 5.75 Å². The maximum absolute atomic E-state index is 5.19. The molecule has 0 spiro atoms. The molecular weight excluding hydrogens is 268 g/mol. The Hall–Kier alpha value is -1.22. The third kappa shape index (κ3) is 2.67. The lowest BCUT2D eigenvalue weighted by molar-refractivity contribution is 0.414. The van der Waals surface area contributed by atoms with Crippen LogP contribution in [0.5, 0.6) is 5.75 Å². The van der Waals surface area contributed by atoms with Crippen LogP contribution in [0.15, 0.2) is 47.3 Å². The molecule has 2 nitrogen and oxygen atoms in total. The molecule has 16 heavy (non-hydrogen) atoms. The van der Waals surface area contributed by atoms with Crippen LogP contribution in [-0.4, -0.2) is 7.11 Å². The van der Waals surface area contributed by atoms with Gasteiger partial charge >= 0.3 is 0 Å². The van der Waals surface area contributed by atoms with E-state index in [2.05, 4.69) is 22.0 Å². The summed E-state index contributed by atoms with van der Waals surface area (Å²) in [4.78, 5) is 0.276. The van der Waals surface area contributed by atoms with Gasteiger partial charge in [0, 0.05) is 10.4 Å². The molecule has 0 aliphatic carbocycles. The summed E-state index contributed by atoms with van der Waals surface area (Å²) < 4.78 is 10.3. The monoisotopic (exact) mass is 280 g/mol. The Balaban J connectivity index is 2.08. The van der Waals surface area contributed by atoms with Crippen LogP contribution >= 0.6 is 15.9 Å². The first-order valence-corrected chi connectivity index (χ1v) is 6.00. The Bertz CT molecular complexity index is 437. The molecule has 0 N–H and O–H groups in total. The van der Waals surface area contributed by atoms with Gasteiger partial charge in [-0.15, -0.1) is 0 Å². The average Bonchev–Trinajstić information content (AvgIpc) is 2.83. The Morgan fingerprint density at radius 3 is 2.94 bits per heavy atom. The van der Waals surface area contributed by atoms with E-state index < -0.39 is 0 Å². The van der Waals surface area contributed by atoms with E-state index in [4.69, 9.17) is 9.15 Å². The second kappa shape index (κ2) is 5.21. The molecule has 1 heterocycles. The summed E-state index contributed by atoms with van der Waals surface area (Å²) in [6.07, 6.45) is 4.37. The van der Waals surface area contributed by atoms with E-state index in [9.17, 15) is 0 Å². The molecule has 0 amide bonds. The van der Waals surface area contributed by atoms with Crippen molar-refractivity contribution in [1.82, 2.24) is 0 Å². The van der Waals surface area contributed by atoms with Crippen LogP contribution < -0.4 is 4.74 Å². The first kappa shape index (κ1) is 11.3. The molecule has 0 saturated heterocycles. The highest BCUT2D eigenvalue weighted by Crippen LogP contribution is 2.28. The van der Waals surface area contributed by atoms with Crippen molar-refractivity contribution in [3.05, 3.63) is 54.0 Å². The van der Waals surface area contributed by atoms with Crippen molar-refractivity contribution < 1.29 is 9.15 Å². The first-order valence-electron chi connectivity index (χ1n) is 5.08. The molecule has 0 aliphatic heterocycles. The highest BCUT2D eigenvalue weighted by molar-refractivity contribution is 9.09. The number of hydrogen-bond donors (Lipinski definition) is 0. The standard InChI is InChI=1S/C13H13BrO2/c1-15-12-4-2-3-10(7-12)8-13(14)11-5-6-16-9-11/h2-7,9,13H,8H2,1H3. The number of methoxy groups -OCH3 is 1. The predicted octanol–water partition coefficient (Wildman–Crippen LogP) is 3.97. The minimum Gasteiger partial charge on any atom is -0.497 e. The maximum atomic E-state index is 5.19. The van der Waals surface area contributed by atoms with Crippen molar-refractivity contribution in [2.45, 2.75) is 11.2 Å². The van der Waals surface area contributed by atoms with Gasteiger partial charge < -0.3 is 9.15 Å². The number of rotatable bonds is 4. The van der Waals surface area contributed by atoms with Gasteiger partial charge in [0.15, 0.2) is 0 Å². The van der Waals surface area contributed by atoms with Gasteiger partial charge in [0.25, 0.3) is 0 Å². The van der Waals surface area contributed by atoms with Crippen molar-refractivity contribution in [3.63, 3.8) is 0 Å². The average molecular weight is 281 g/mol. The highest BCUT2D eigenvalue weighted by atomic mass is 79.9. The second-order valence-corrected chi connectivity index (χ2v) is 4.69. The zero-order chi connectivity index (χ0) is 11.4. The Labute approximate surface area is 103 Å². The predicted molar refractivity (Wildman–Crippen MR) is 67.1 cm³/mol. The van der Waals surface area contributed by atoms with E-state index in [-0.39, 0.29) is 4.83 Å². The van der Waals surface area contributed by atoms with Crippen LogP contribution in [0.1, 0.15) is 16.0 Å². The largest absolute Gasteiger partial charge is 0.497 e. The van der Waals surface area contributed by atoms with Gasteiger partial charge in [-0.05, 0) is 30.2 Å². The summed E-state index contributed by atoms with van der Waals surface area (Å²) in [6.45, 7) is 0. The van der Waals surface area contributed by atoms with Crippen molar-refractivity contribution >= 4 is 15.9 Å². The molecule has 2 rings (SSSR count). The van der Waals surface area contributed by atoms with E-state index in [1.165, 1.54) is 5.56 Å². The van der Waals surface area contributed by atoms with E-state index in [1.54, 1.807) is 19.6 Å².